The second-order valence-electron chi connectivity index (χ2n) is 4.66. The molecule has 20 heavy (non-hydrogen) atoms. The smallest absolute Gasteiger partial charge is 0.123 e. The predicted octanol–water partition coefficient (Wildman–Crippen LogP) is 2.84. The minimum Gasteiger partial charge on any atom is -0.314 e. The van der Waals surface area contributed by atoms with E-state index in [0.29, 0.717) is 6.42 Å². The van der Waals surface area contributed by atoms with Crippen LogP contribution in [0.4, 0.5) is 4.39 Å². The number of nitrogens with one attached hydrogen (secondary N) is 1. The third kappa shape index (κ3) is 4.60. The second-order valence-corrected chi connectivity index (χ2v) is 4.66. The fourth-order valence-corrected chi connectivity index (χ4v) is 2.53. The molecule has 1 fully saturated rings. The monoisotopic (exact) mass is 319 g/mol. The molecule has 1 heterocycles. The van der Waals surface area contributed by atoms with E-state index in [1.807, 2.05) is 13.0 Å². The Morgan fingerprint density at radius 2 is 2.00 bits per heavy atom. The van der Waals surface area contributed by atoms with Gasteiger partial charge in [0.2, 0.25) is 0 Å². The van der Waals surface area contributed by atoms with Gasteiger partial charge in [0.05, 0.1) is 12.5 Å². The van der Waals surface area contributed by atoms with Gasteiger partial charge in [-0.3, -0.25) is 4.90 Å². The van der Waals surface area contributed by atoms with Gasteiger partial charge in [-0.1, -0.05) is 6.07 Å². The standard InChI is InChI=1S/C14H18FN3.2ClH/c1-11-10-12(15)2-3-13(11)14(4-5-16)18-8-6-17-7-9-18;;/h2-3,10,14,17H,4,6-9H2,1H3;2*1H/t14-;;/m1../s1. The van der Waals surface area contributed by atoms with Crippen LogP contribution in [0.15, 0.2) is 18.2 Å². The number of nitriles is 1. The molecule has 6 heteroatoms. The zero-order chi connectivity index (χ0) is 13.0. The van der Waals surface area contributed by atoms with Gasteiger partial charge in [0, 0.05) is 32.2 Å². The van der Waals surface area contributed by atoms with Crippen LogP contribution in [0.3, 0.4) is 0 Å². The first-order chi connectivity index (χ1) is 8.72. The van der Waals surface area contributed by atoms with E-state index in [-0.39, 0.29) is 36.7 Å². The van der Waals surface area contributed by atoms with E-state index in [1.165, 1.54) is 6.07 Å². The van der Waals surface area contributed by atoms with E-state index < -0.39 is 0 Å². The molecule has 0 aliphatic carbocycles. The largest absolute Gasteiger partial charge is 0.314 e. The van der Waals surface area contributed by atoms with Crippen molar-refractivity contribution in [2.24, 2.45) is 0 Å². The third-order valence-corrected chi connectivity index (χ3v) is 3.47. The van der Waals surface area contributed by atoms with Crippen LogP contribution in [-0.2, 0) is 0 Å². The third-order valence-electron chi connectivity index (χ3n) is 3.47. The van der Waals surface area contributed by atoms with E-state index in [0.717, 1.165) is 37.3 Å². The quantitative estimate of drug-likeness (QED) is 0.931. The van der Waals surface area contributed by atoms with Crippen LogP contribution < -0.4 is 5.32 Å². The summed E-state index contributed by atoms with van der Waals surface area (Å²) in [4.78, 5) is 2.31. The lowest BCUT2D eigenvalue weighted by Gasteiger charge is -2.34. The lowest BCUT2D eigenvalue weighted by molar-refractivity contribution is 0.175. The van der Waals surface area contributed by atoms with Crippen molar-refractivity contribution in [2.45, 2.75) is 19.4 Å². The summed E-state index contributed by atoms with van der Waals surface area (Å²) in [5, 5.41) is 12.3. The van der Waals surface area contributed by atoms with Crippen LogP contribution in [-0.4, -0.2) is 31.1 Å². The van der Waals surface area contributed by atoms with Gasteiger partial charge in [-0.25, -0.2) is 4.39 Å². The van der Waals surface area contributed by atoms with Crippen LogP contribution >= 0.6 is 24.8 Å². The Balaban J connectivity index is 0.00000180. The number of rotatable bonds is 3. The van der Waals surface area contributed by atoms with E-state index in [1.54, 1.807) is 6.07 Å². The van der Waals surface area contributed by atoms with Crippen molar-refractivity contribution in [1.82, 2.24) is 10.2 Å². The molecule has 1 aliphatic rings. The summed E-state index contributed by atoms with van der Waals surface area (Å²) in [7, 11) is 0. The van der Waals surface area contributed by atoms with Gasteiger partial charge in [-0.15, -0.1) is 24.8 Å². The van der Waals surface area contributed by atoms with Crippen LogP contribution in [0, 0.1) is 24.1 Å². The molecular formula is C14H20Cl2FN3. The first-order valence-electron chi connectivity index (χ1n) is 6.30. The molecule has 2 rings (SSSR count). The van der Waals surface area contributed by atoms with Crippen molar-refractivity contribution in [2.75, 3.05) is 26.2 Å². The summed E-state index contributed by atoms with van der Waals surface area (Å²) >= 11 is 0. The summed E-state index contributed by atoms with van der Waals surface area (Å²) in [6.07, 6.45) is 0.451. The Morgan fingerprint density at radius 3 is 2.55 bits per heavy atom. The molecule has 1 aromatic rings. The number of piperazine rings is 1. The Morgan fingerprint density at radius 1 is 1.35 bits per heavy atom. The number of nitrogens with zero attached hydrogens (tertiary/aromatic N) is 2. The first-order valence-corrected chi connectivity index (χ1v) is 6.30. The van der Waals surface area contributed by atoms with Crippen LogP contribution in [0.1, 0.15) is 23.6 Å². The summed E-state index contributed by atoms with van der Waals surface area (Å²) in [5.74, 6) is -0.215. The fourth-order valence-electron chi connectivity index (χ4n) is 2.53. The fraction of sp³-hybridized carbons (Fsp3) is 0.500. The highest BCUT2D eigenvalue weighted by Gasteiger charge is 2.23. The van der Waals surface area contributed by atoms with Crippen molar-refractivity contribution < 1.29 is 4.39 Å². The van der Waals surface area contributed by atoms with Crippen molar-refractivity contribution >= 4 is 24.8 Å². The molecule has 0 unspecified atom stereocenters. The minimum atomic E-state index is -0.215. The van der Waals surface area contributed by atoms with Gasteiger partial charge in [-0.2, -0.15) is 5.26 Å². The topological polar surface area (TPSA) is 39.1 Å². The molecule has 3 nitrogen and oxygen atoms in total. The molecule has 0 spiro atoms. The Bertz CT molecular complexity index is 456. The van der Waals surface area contributed by atoms with E-state index >= 15 is 0 Å². The van der Waals surface area contributed by atoms with E-state index in [9.17, 15) is 4.39 Å². The Kier molecular flexibility index (Phi) is 8.75. The van der Waals surface area contributed by atoms with Crippen molar-refractivity contribution in [3.63, 3.8) is 0 Å². The molecular weight excluding hydrogens is 300 g/mol. The zero-order valence-corrected chi connectivity index (χ0v) is 13.1. The lowest BCUT2D eigenvalue weighted by Crippen LogP contribution is -2.45. The normalized spacial score (nSPS) is 16.4. The number of halogens is 3. The van der Waals surface area contributed by atoms with Crippen molar-refractivity contribution in [3.8, 4) is 6.07 Å². The van der Waals surface area contributed by atoms with Gasteiger partial charge in [0.25, 0.3) is 0 Å². The van der Waals surface area contributed by atoms with Gasteiger partial charge in [0.15, 0.2) is 0 Å². The van der Waals surface area contributed by atoms with Crippen molar-refractivity contribution in [3.05, 3.63) is 35.1 Å². The van der Waals surface area contributed by atoms with Gasteiger partial charge < -0.3 is 5.32 Å². The second kappa shape index (κ2) is 9.15. The van der Waals surface area contributed by atoms with Gasteiger partial charge in [-0.05, 0) is 30.2 Å². The average Bonchev–Trinajstić information content (AvgIpc) is 2.38. The van der Waals surface area contributed by atoms with Crippen LogP contribution in [0.5, 0.6) is 0 Å². The molecule has 1 aromatic carbocycles. The molecule has 1 atom stereocenters. The maximum Gasteiger partial charge on any atom is 0.123 e. The summed E-state index contributed by atoms with van der Waals surface area (Å²) in [6.45, 7) is 5.67. The molecule has 112 valence electrons. The van der Waals surface area contributed by atoms with Gasteiger partial charge >= 0.3 is 0 Å². The van der Waals surface area contributed by atoms with Gasteiger partial charge in [0.1, 0.15) is 5.82 Å². The predicted molar refractivity (Wildman–Crippen MR) is 83.0 cm³/mol. The lowest BCUT2D eigenvalue weighted by atomic mass is 9.97. The van der Waals surface area contributed by atoms with Crippen LogP contribution in [0.25, 0.3) is 0 Å². The molecule has 0 aromatic heterocycles. The zero-order valence-electron chi connectivity index (χ0n) is 11.4. The number of hydrogen-bond donors (Lipinski definition) is 1. The number of aryl methyl sites for hydroxylation is 1. The molecule has 0 amide bonds. The molecule has 1 N–H and O–H groups in total. The number of benzene rings is 1. The maximum absolute atomic E-state index is 13.2. The highest BCUT2D eigenvalue weighted by Crippen LogP contribution is 2.27. The summed E-state index contributed by atoms with van der Waals surface area (Å²) in [6, 6.07) is 7.17. The molecule has 0 saturated carbocycles. The average molecular weight is 320 g/mol. The highest BCUT2D eigenvalue weighted by molar-refractivity contribution is 5.85. The molecule has 0 bridgehead atoms. The molecule has 0 radical (unpaired) electrons. The minimum absolute atomic E-state index is 0. The SMILES string of the molecule is Cc1cc(F)ccc1[C@@H](CC#N)N1CCNCC1.Cl.Cl. The first kappa shape index (κ1) is 19.1. The summed E-state index contributed by atoms with van der Waals surface area (Å²) in [5.41, 5.74) is 1.99. The Hall–Kier alpha value is -0.860. The Labute approximate surface area is 132 Å². The molecule has 1 aliphatic heterocycles. The van der Waals surface area contributed by atoms with E-state index in [4.69, 9.17) is 5.26 Å². The maximum atomic E-state index is 13.2. The van der Waals surface area contributed by atoms with Crippen LogP contribution in [0.2, 0.25) is 0 Å². The highest BCUT2D eigenvalue weighted by atomic mass is 35.5. The van der Waals surface area contributed by atoms with E-state index in [2.05, 4.69) is 16.3 Å². The van der Waals surface area contributed by atoms with Crippen molar-refractivity contribution in [1.29, 1.82) is 5.26 Å². The summed E-state index contributed by atoms with van der Waals surface area (Å²) < 4.78 is 13.2. The molecule has 1 saturated heterocycles. The number of hydrogen-bond acceptors (Lipinski definition) is 3.